The second kappa shape index (κ2) is 6.96. The number of carboxylic acid groups (broad SMARTS) is 1. The molecule has 0 amide bonds. The van der Waals surface area contributed by atoms with Crippen LogP contribution in [0, 0.1) is 11.7 Å². The maximum Gasteiger partial charge on any atom is 0.314 e. The number of aromatic nitrogens is 1. The number of aryl methyl sites for hydroxylation is 1. The van der Waals surface area contributed by atoms with Crippen molar-refractivity contribution in [2.45, 2.75) is 22.8 Å². The Bertz CT molecular complexity index is 1100. The Morgan fingerprint density at radius 2 is 2.00 bits per heavy atom. The second-order valence-electron chi connectivity index (χ2n) is 6.21. The van der Waals surface area contributed by atoms with E-state index >= 15 is 0 Å². The van der Waals surface area contributed by atoms with Crippen molar-refractivity contribution in [2.24, 2.45) is 5.92 Å². The highest BCUT2D eigenvalue weighted by molar-refractivity contribution is 9.10. The second-order valence-corrected chi connectivity index (χ2v) is 8.59. The van der Waals surface area contributed by atoms with Crippen molar-refractivity contribution in [3.8, 4) is 0 Å². The predicted molar refractivity (Wildman–Crippen MR) is 105 cm³/mol. The molecule has 0 bridgehead atoms. The summed E-state index contributed by atoms with van der Waals surface area (Å²) in [6.07, 6.45) is 0.185. The molecule has 0 fully saturated rings. The van der Waals surface area contributed by atoms with Gasteiger partial charge in [0.25, 0.3) is 0 Å². The van der Waals surface area contributed by atoms with Crippen molar-refractivity contribution in [1.29, 1.82) is 0 Å². The summed E-state index contributed by atoms with van der Waals surface area (Å²) < 4.78 is 16.3. The topological polar surface area (TPSA) is 59.3 Å². The number of carbonyl (C=O) groups excluding carboxylic acids is 1. The number of aliphatic carboxylic acids is 1. The molecule has 1 atom stereocenters. The highest BCUT2D eigenvalue weighted by atomic mass is 79.9. The Morgan fingerprint density at radius 1 is 1.30 bits per heavy atom. The van der Waals surface area contributed by atoms with E-state index in [2.05, 4.69) is 15.9 Å². The fourth-order valence-corrected chi connectivity index (χ4v) is 5.36. The molecule has 1 N–H and O–H groups in total. The van der Waals surface area contributed by atoms with Gasteiger partial charge in [0.15, 0.2) is 5.78 Å². The van der Waals surface area contributed by atoms with Crippen LogP contribution in [0.25, 0.3) is 10.9 Å². The van der Waals surface area contributed by atoms with Crippen LogP contribution in [-0.4, -0.2) is 21.4 Å². The van der Waals surface area contributed by atoms with E-state index in [0.717, 1.165) is 4.90 Å². The van der Waals surface area contributed by atoms with Gasteiger partial charge in [-0.2, -0.15) is 0 Å². The normalized spacial score (nSPS) is 16.6. The summed E-state index contributed by atoms with van der Waals surface area (Å²) in [7, 11) is 0. The molecule has 3 aromatic rings. The fraction of sp³-hybridized carbons (Fsp3) is 0.158. The number of benzene rings is 2. The van der Waals surface area contributed by atoms with E-state index in [9.17, 15) is 19.1 Å². The molecular weight excluding hydrogens is 457 g/mol. The van der Waals surface area contributed by atoms with E-state index in [4.69, 9.17) is 11.6 Å². The number of nitrogens with zero attached hydrogens (tertiary/aromatic N) is 1. The van der Waals surface area contributed by atoms with Crippen LogP contribution in [0.5, 0.6) is 0 Å². The number of hydrogen-bond acceptors (Lipinski definition) is 3. The number of carbonyl (C=O) groups is 2. The number of rotatable bonds is 3. The average Bonchev–Trinajstić information content (AvgIpc) is 2.91. The van der Waals surface area contributed by atoms with Gasteiger partial charge in [0.05, 0.1) is 10.4 Å². The third kappa shape index (κ3) is 3.17. The number of ketones is 1. The van der Waals surface area contributed by atoms with E-state index in [-0.39, 0.29) is 6.42 Å². The minimum Gasteiger partial charge on any atom is -0.481 e. The van der Waals surface area contributed by atoms with Crippen LogP contribution in [0.1, 0.15) is 16.9 Å². The quantitative estimate of drug-likeness (QED) is 0.506. The standard InChI is InChI=1S/C19H12BrClFNO3S/c20-13-7-10(22)8-14-15(13)18(27-11-3-1-9(21)2-4-11)16-17(24)12(19(25)26)5-6-23(14)16/h1-4,7-8,12H,5-6H2,(H,25,26). The molecule has 0 radical (unpaired) electrons. The Kier molecular flexibility index (Phi) is 4.78. The maximum atomic E-state index is 14.0. The lowest BCUT2D eigenvalue weighted by Crippen LogP contribution is -2.32. The first kappa shape index (κ1) is 18.5. The van der Waals surface area contributed by atoms with E-state index < -0.39 is 23.5 Å². The Labute approximate surface area is 171 Å². The molecule has 0 saturated heterocycles. The van der Waals surface area contributed by atoms with Gasteiger partial charge in [-0.3, -0.25) is 9.59 Å². The molecule has 0 aliphatic carbocycles. The summed E-state index contributed by atoms with van der Waals surface area (Å²) in [5.74, 6) is -3.10. The summed E-state index contributed by atoms with van der Waals surface area (Å²) in [4.78, 5) is 25.9. The zero-order valence-corrected chi connectivity index (χ0v) is 16.9. The van der Waals surface area contributed by atoms with Crippen LogP contribution in [0.2, 0.25) is 5.02 Å². The first-order chi connectivity index (χ1) is 12.9. The zero-order valence-electron chi connectivity index (χ0n) is 13.7. The van der Waals surface area contributed by atoms with Crippen molar-refractivity contribution in [3.05, 3.63) is 57.4 Å². The van der Waals surface area contributed by atoms with Gasteiger partial charge in [0, 0.05) is 26.3 Å². The van der Waals surface area contributed by atoms with Crippen molar-refractivity contribution in [1.82, 2.24) is 4.57 Å². The molecule has 1 unspecified atom stereocenters. The molecule has 0 spiro atoms. The SMILES string of the molecule is O=C(O)C1CCn2c(c(Sc3ccc(Cl)cc3)c3c(Br)cc(F)cc32)C1=O. The molecule has 4 nitrogen and oxygen atoms in total. The van der Waals surface area contributed by atoms with Gasteiger partial charge >= 0.3 is 5.97 Å². The molecule has 27 heavy (non-hydrogen) atoms. The van der Waals surface area contributed by atoms with E-state index in [0.29, 0.717) is 37.5 Å². The van der Waals surface area contributed by atoms with Crippen LogP contribution in [0.15, 0.2) is 50.7 Å². The van der Waals surface area contributed by atoms with Gasteiger partial charge < -0.3 is 9.67 Å². The molecule has 8 heteroatoms. The van der Waals surface area contributed by atoms with E-state index in [1.165, 1.54) is 23.9 Å². The molecule has 1 aromatic heterocycles. The monoisotopic (exact) mass is 467 g/mol. The van der Waals surface area contributed by atoms with Crippen molar-refractivity contribution < 1.29 is 19.1 Å². The molecule has 1 aliphatic rings. The summed E-state index contributed by atoms with van der Waals surface area (Å²) in [6, 6.07) is 9.85. The molecule has 1 aliphatic heterocycles. The lowest BCUT2D eigenvalue weighted by Gasteiger charge is -2.21. The number of halogens is 3. The fourth-order valence-electron chi connectivity index (χ4n) is 3.35. The van der Waals surface area contributed by atoms with Crippen molar-refractivity contribution in [3.63, 3.8) is 0 Å². The Hall–Kier alpha value is -1.83. The van der Waals surface area contributed by atoms with E-state index in [1.54, 1.807) is 16.7 Å². The van der Waals surface area contributed by atoms with Gasteiger partial charge in [-0.15, -0.1) is 0 Å². The first-order valence-corrected chi connectivity index (χ1v) is 10.1. The number of fused-ring (bicyclic) bond motifs is 3. The van der Waals surface area contributed by atoms with Crippen LogP contribution in [-0.2, 0) is 11.3 Å². The third-order valence-electron chi connectivity index (χ3n) is 4.56. The number of Topliss-reactive ketones (excluding diaryl/α,β-unsaturated/α-hetero) is 1. The molecule has 0 saturated carbocycles. The lowest BCUT2D eigenvalue weighted by molar-refractivity contribution is -0.140. The smallest absolute Gasteiger partial charge is 0.314 e. The highest BCUT2D eigenvalue weighted by Gasteiger charge is 2.37. The molecule has 4 rings (SSSR count). The van der Waals surface area contributed by atoms with Crippen LogP contribution < -0.4 is 0 Å². The molecule has 2 aromatic carbocycles. The highest BCUT2D eigenvalue weighted by Crippen LogP contribution is 2.44. The zero-order chi connectivity index (χ0) is 19.3. The van der Waals surface area contributed by atoms with E-state index in [1.807, 2.05) is 12.1 Å². The first-order valence-electron chi connectivity index (χ1n) is 8.08. The number of carboxylic acids is 1. The van der Waals surface area contributed by atoms with Crippen LogP contribution >= 0.6 is 39.3 Å². The number of hydrogen-bond donors (Lipinski definition) is 1. The van der Waals surface area contributed by atoms with Gasteiger partial charge in [-0.25, -0.2) is 4.39 Å². The summed E-state index contributed by atoms with van der Waals surface area (Å²) in [5, 5.41) is 10.7. The summed E-state index contributed by atoms with van der Waals surface area (Å²) >= 11 is 10.7. The Morgan fingerprint density at radius 3 is 2.67 bits per heavy atom. The lowest BCUT2D eigenvalue weighted by atomic mass is 9.95. The van der Waals surface area contributed by atoms with Gasteiger partial charge in [-0.05, 0) is 58.7 Å². The minimum absolute atomic E-state index is 0.185. The summed E-state index contributed by atoms with van der Waals surface area (Å²) in [5.41, 5.74) is 0.889. The largest absolute Gasteiger partial charge is 0.481 e. The predicted octanol–water partition coefficient (Wildman–Crippen LogP) is 5.63. The minimum atomic E-state index is -1.14. The Balaban J connectivity index is 1.97. The van der Waals surface area contributed by atoms with Gasteiger partial charge in [0.2, 0.25) is 0 Å². The van der Waals surface area contributed by atoms with Crippen LogP contribution in [0.3, 0.4) is 0 Å². The average molecular weight is 469 g/mol. The molecule has 138 valence electrons. The molecule has 2 heterocycles. The van der Waals surface area contributed by atoms with Crippen LogP contribution in [0.4, 0.5) is 4.39 Å². The van der Waals surface area contributed by atoms with Gasteiger partial charge in [-0.1, -0.05) is 23.4 Å². The maximum absolute atomic E-state index is 14.0. The summed E-state index contributed by atoms with van der Waals surface area (Å²) in [6.45, 7) is 0.339. The van der Waals surface area contributed by atoms with Gasteiger partial charge in [0.1, 0.15) is 17.4 Å². The third-order valence-corrected chi connectivity index (χ3v) is 6.55. The molecular formula is C19H12BrClFNO3S. The van der Waals surface area contributed by atoms with Crippen molar-refractivity contribution in [2.75, 3.05) is 0 Å². The van der Waals surface area contributed by atoms with Crippen molar-refractivity contribution >= 4 is 61.9 Å².